The van der Waals surface area contributed by atoms with Gasteiger partial charge in [0.05, 0.1) is 18.5 Å². The summed E-state index contributed by atoms with van der Waals surface area (Å²) in [5.41, 5.74) is 4.68. The number of thiophene rings is 1. The van der Waals surface area contributed by atoms with Gasteiger partial charge < -0.3 is 10.1 Å². The van der Waals surface area contributed by atoms with E-state index in [1.807, 2.05) is 25.1 Å². The maximum atomic E-state index is 13.1. The van der Waals surface area contributed by atoms with Gasteiger partial charge in [0.2, 0.25) is 11.8 Å². The highest BCUT2D eigenvalue weighted by Crippen LogP contribution is 2.29. The molecular formula is C25H20FN5OS. The van der Waals surface area contributed by atoms with Gasteiger partial charge in [-0.1, -0.05) is 42.5 Å². The van der Waals surface area contributed by atoms with E-state index in [2.05, 4.69) is 43.8 Å². The minimum atomic E-state index is -0.272. The van der Waals surface area contributed by atoms with E-state index in [0.29, 0.717) is 36.1 Å². The number of aromatic nitrogens is 4. The average Bonchev–Trinajstić information content (AvgIpc) is 3.39. The molecule has 5 rings (SSSR count). The molecule has 0 radical (unpaired) electrons. The molecule has 0 aliphatic heterocycles. The maximum absolute atomic E-state index is 13.1. The highest BCUT2D eigenvalue weighted by atomic mass is 32.1. The number of hydrogen-bond acceptors (Lipinski definition) is 7. The van der Waals surface area contributed by atoms with Crippen LogP contribution in [0.4, 0.5) is 10.3 Å². The second-order valence-corrected chi connectivity index (χ2v) is 8.20. The van der Waals surface area contributed by atoms with Crippen molar-refractivity contribution in [3.63, 3.8) is 0 Å². The lowest BCUT2D eigenvalue weighted by Gasteiger charge is -2.10. The first-order chi connectivity index (χ1) is 16.2. The molecule has 0 aliphatic carbocycles. The Hall–Kier alpha value is -3.91. The number of halogens is 1. The molecule has 0 bridgehead atoms. The topological polar surface area (TPSA) is 72.8 Å². The lowest BCUT2D eigenvalue weighted by Crippen LogP contribution is -2.07. The minimum Gasteiger partial charge on any atom is -0.476 e. The Bertz CT molecular complexity index is 1370. The first-order valence-corrected chi connectivity index (χ1v) is 11.4. The normalized spacial score (nSPS) is 11.0. The second kappa shape index (κ2) is 9.30. The monoisotopic (exact) mass is 457 g/mol. The highest BCUT2D eigenvalue weighted by molar-refractivity contribution is 7.13. The minimum absolute atomic E-state index is 0.272. The van der Waals surface area contributed by atoms with Crippen molar-refractivity contribution in [3.05, 3.63) is 83.6 Å². The molecule has 0 spiro atoms. The molecule has 3 heterocycles. The van der Waals surface area contributed by atoms with E-state index >= 15 is 0 Å². The summed E-state index contributed by atoms with van der Waals surface area (Å²) in [7, 11) is 0. The van der Waals surface area contributed by atoms with Crippen LogP contribution in [0.5, 0.6) is 5.88 Å². The Balaban J connectivity index is 1.43. The van der Waals surface area contributed by atoms with Crippen LogP contribution in [0.3, 0.4) is 0 Å². The molecule has 0 saturated carbocycles. The SMILES string of the molecule is CCOc1nc(NCc2ccc(F)cc2)nc2ncc(-c3ccc(-c4cccs4)cc3)nc12. The molecule has 0 atom stereocenters. The predicted octanol–water partition coefficient (Wildman–Crippen LogP) is 5.97. The van der Waals surface area contributed by atoms with Crippen LogP contribution < -0.4 is 10.1 Å². The smallest absolute Gasteiger partial charge is 0.247 e. The van der Waals surface area contributed by atoms with Gasteiger partial charge >= 0.3 is 0 Å². The molecule has 164 valence electrons. The van der Waals surface area contributed by atoms with Crippen LogP contribution in [0.25, 0.3) is 32.9 Å². The molecule has 2 aromatic carbocycles. The Morgan fingerprint density at radius 2 is 1.73 bits per heavy atom. The molecule has 0 amide bonds. The quantitative estimate of drug-likeness (QED) is 0.325. The second-order valence-electron chi connectivity index (χ2n) is 7.25. The lowest BCUT2D eigenvalue weighted by molar-refractivity contribution is 0.330. The zero-order chi connectivity index (χ0) is 22.6. The van der Waals surface area contributed by atoms with Crippen molar-refractivity contribution in [2.75, 3.05) is 11.9 Å². The van der Waals surface area contributed by atoms with Crippen molar-refractivity contribution in [2.45, 2.75) is 13.5 Å². The Kier molecular flexibility index (Phi) is 5.91. The van der Waals surface area contributed by atoms with Gasteiger partial charge in [-0.15, -0.1) is 11.3 Å². The molecule has 3 aromatic heterocycles. The van der Waals surface area contributed by atoms with E-state index in [0.717, 1.165) is 22.4 Å². The van der Waals surface area contributed by atoms with E-state index < -0.39 is 0 Å². The van der Waals surface area contributed by atoms with Crippen molar-refractivity contribution in [1.82, 2.24) is 19.9 Å². The summed E-state index contributed by atoms with van der Waals surface area (Å²) in [5.74, 6) is 0.470. The fourth-order valence-corrected chi connectivity index (χ4v) is 4.10. The predicted molar refractivity (Wildman–Crippen MR) is 129 cm³/mol. The Morgan fingerprint density at radius 1 is 0.939 bits per heavy atom. The summed E-state index contributed by atoms with van der Waals surface area (Å²) in [6, 6.07) is 18.6. The van der Waals surface area contributed by atoms with Gasteiger partial charge in [0.15, 0.2) is 11.2 Å². The van der Waals surface area contributed by atoms with Crippen LogP contribution in [0.15, 0.2) is 72.2 Å². The fraction of sp³-hybridized carbons (Fsp3) is 0.120. The van der Waals surface area contributed by atoms with Crippen LogP contribution in [0.1, 0.15) is 12.5 Å². The Labute approximate surface area is 194 Å². The molecule has 0 fully saturated rings. The van der Waals surface area contributed by atoms with Gasteiger partial charge in [-0.3, -0.25) is 0 Å². The van der Waals surface area contributed by atoms with Crippen LogP contribution >= 0.6 is 11.3 Å². The van der Waals surface area contributed by atoms with Crippen LogP contribution in [-0.4, -0.2) is 26.5 Å². The molecule has 6 nitrogen and oxygen atoms in total. The van der Waals surface area contributed by atoms with Crippen LogP contribution in [0, 0.1) is 5.82 Å². The summed E-state index contributed by atoms with van der Waals surface area (Å²) in [6.45, 7) is 2.77. The molecule has 33 heavy (non-hydrogen) atoms. The van der Waals surface area contributed by atoms with E-state index in [4.69, 9.17) is 9.72 Å². The van der Waals surface area contributed by atoms with E-state index in [1.54, 1.807) is 29.7 Å². The molecular weight excluding hydrogens is 437 g/mol. The molecule has 0 saturated heterocycles. The van der Waals surface area contributed by atoms with Crippen LogP contribution in [-0.2, 0) is 6.54 Å². The zero-order valence-corrected chi connectivity index (χ0v) is 18.6. The number of nitrogens with one attached hydrogen (secondary N) is 1. The number of benzene rings is 2. The summed E-state index contributed by atoms with van der Waals surface area (Å²) < 4.78 is 18.9. The van der Waals surface area contributed by atoms with Gasteiger partial charge in [0.1, 0.15) is 5.82 Å². The zero-order valence-electron chi connectivity index (χ0n) is 17.8. The number of hydrogen-bond donors (Lipinski definition) is 1. The Morgan fingerprint density at radius 3 is 2.45 bits per heavy atom. The number of nitrogens with zero attached hydrogens (tertiary/aromatic N) is 4. The largest absolute Gasteiger partial charge is 0.476 e. The van der Waals surface area contributed by atoms with Gasteiger partial charge in [0, 0.05) is 17.0 Å². The van der Waals surface area contributed by atoms with Crippen molar-refractivity contribution in [3.8, 4) is 27.6 Å². The average molecular weight is 458 g/mol. The first kappa shape index (κ1) is 21.0. The molecule has 5 aromatic rings. The molecule has 1 N–H and O–H groups in total. The first-order valence-electron chi connectivity index (χ1n) is 10.5. The molecule has 0 unspecified atom stereocenters. The number of ether oxygens (including phenoxy) is 1. The van der Waals surface area contributed by atoms with Crippen molar-refractivity contribution in [2.24, 2.45) is 0 Å². The standard InChI is InChI=1S/C25H20FN5OS/c1-2-32-24-22-23(30-25(31-24)28-14-16-5-11-19(26)12-6-16)27-15-20(29-22)17-7-9-18(10-8-17)21-4-3-13-33-21/h3-13,15H,2,14H2,1H3,(H,27,28,30,31). The summed E-state index contributed by atoms with van der Waals surface area (Å²) in [5, 5.41) is 5.21. The van der Waals surface area contributed by atoms with Crippen molar-refractivity contribution < 1.29 is 9.13 Å². The van der Waals surface area contributed by atoms with Gasteiger partial charge in [-0.05, 0) is 41.6 Å². The van der Waals surface area contributed by atoms with Gasteiger partial charge in [-0.25, -0.2) is 14.4 Å². The number of rotatable bonds is 7. The molecule has 0 aliphatic rings. The number of anilines is 1. The van der Waals surface area contributed by atoms with Crippen molar-refractivity contribution in [1.29, 1.82) is 0 Å². The van der Waals surface area contributed by atoms with E-state index in [9.17, 15) is 4.39 Å². The van der Waals surface area contributed by atoms with E-state index in [1.165, 1.54) is 17.0 Å². The third-order valence-electron chi connectivity index (χ3n) is 5.01. The summed E-state index contributed by atoms with van der Waals surface area (Å²) in [4.78, 5) is 19.5. The molecule has 8 heteroatoms. The maximum Gasteiger partial charge on any atom is 0.247 e. The summed E-state index contributed by atoms with van der Waals surface area (Å²) in [6.07, 6.45) is 1.70. The third-order valence-corrected chi connectivity index (χ3v) is 5.93. The summed E-state index contributed by atoms with van der Waals surface area (Å²) >= 11 is 1.71. The number of fused-ring (bicyclic) bond motifs is 1. The van der Waals surface area contributed by atoms with Crippen LogP contribution in [0.2, 0.25) is 0 Å². The lowest BCUT2D eigenvalue weighted by atomic mass is 10.1. The van der Waals surface area contributed by atoms with Crippen molar-refractivity contribution >= 4 is 28.4 Å². The highest BCUT2D eigenvalue weighted by Gasteiger charge is 2.14. The van der Waals surface area contributed by atoms with Gasteiger partial charge in [-0.2, -0.15) is 9.97 Å². The fourth-order valence-electron chi connectivity index (χ4n) is 3.37. The van der Waals surface area contributed by atoms with Gasteiger partial charge in [0.25, 0.3) is 0 Å². The third kappa shape index (κ3) is 4.65. The van der Waals surface area contributed by atoms with E-state index in [-0.39, 0.29) is 5.82 Å².